The topological polar surface area (TPSA) is 20.2 Å². The van der Waals surface area contributed by atoms with Crippen LogP contribution < -0.4 is 0 Å². The van der Waals surface area contributed by atoms with Crippen molar-refractivity contribution < 1.29 is 5.11 Å². The fraction of sp³-hybridized carbons (Fsp3) is 0.385. The van der Waals surface area contributed by atoms with E-state index in [0.717, 1.165) is 12.0 Å². The third-order valence-electron chi connectivity index (χ3n) is 2.77. The second-order valence-corrected chi connectivity index (χ2v) is 3.74. The normalized spacial score (nSPS) is 14.7. The quantitative estimate of drug-likeness (QED) is 0.718. The van der Waals surface area contributed by atoms with Crippen LogP contribution >= 0.6 is 0 Å². The summed E-state index contributed by atoms with van der Waals surface area (Å²) in [6.45, 7) is 8.23. The molecule has 0 spiro atoms. The van der Waals surface area contributed by atoms with E-state index in [4.69, 9.17) is 0 Å². The molecular formula is C13H18O. The standard InChI is InChI=1S/C13H18O/c1-4-10(3)13(5-2)11-7-6-8-12(14)9-11/h5-10,13-14H,2,4H2,1,3H3/t10-,13+/m0/s1. The number of phenols is 1. The Kier molecular flexibility index (Phi) is 3.75. The molecule has 0 heterocycles. The Hall–Kier alpha value is -1.24. The molecule has 14 heavy (non-hydrogen) atoms. The molecular weight excluding hydrogens is 172 g/mol. The molecule has 0 fully saturated rings. The van der Waals surface area contributed by atoms with E-state index in [9.17, 15) is 5.11 Å². The smallest absolute Gasteiger partial charge is 0.115 e. The van der Waals surface area contributed by atoms with Crippen molar-refractivity contribution in [2.75, 3.05) is 0 Å². The second kappa shape index (κ2) is 4.85. The predicted molar refractivity (Wildman–Crippen MR) is 60.5 cm³/mol. The molecule has 2 atom stereocenters. The number of hydrogen-bond donors (Lipinski definition) is 1. The van der Waals surface area contributed by atoms with E-state index in [-0.39, 0.29) is 0 Å². The summed E-state index contributed by atoms with van der Waals surface area (Å²) in [7, 11) is 0. The largest absolute Gasteiger partial charge is 0.508 e. The molecule has 1 rings (SSSR count). The van der Waals surface area contributed by atoms with E-state index in [0.29, 0.717) is 17.6 Å². The summed E-state index contributed by atoms with van der Waals surface area (Å²) in [5.41, 5.74) is 1.15. The molecule has 0 aliphatic rings. The Morgan fingerprint density at radius 2 is 2.21 bits per heavy atom. The lowest BCUT2D eigenvalue weighted by atomic mass is 9.86. The third-order valence-corrected chi connectivity index (χ3v) is 2.77. The van der Waals surface area contributed by atoms with Gasteiger partial charge in [0.05, 0.1) is 0 Å². The van der Waals surface area contributed by atoms with Crippen LogP contribution in [0, 0.1) is 5.92 Å². The maximum atomic E-state index is 9.38. The van der Waals surface area contributed by atoms with Crippen LogP contribution in [0.1, 0.15) is 31.7 Å². The first-order valence-electron chi connectivity index (χ1n) is 5.10. The fourth-order valence-corrected chi connectivity index (χ4v) is 1.68. The summed E-state index contributed by atoms with van der Waals surface area (Å²) < 4.78 is 0. The van der Waals surface area contributed by atoms with Crippen molar-refractivity contribution in [3.05, 3.63) is 42.5 Å². The number of rotatable bonds is 4. The minimum atomic E-state index is 0.331. The van der Waals surface area contributed by atoms with Crippen molar-refractivity contribution in [1.29, 1.82) is 0 Å². The highest BCUT2D eigenvalue weighted by Gasteiger charge is 2.14. The van der Waals surface area contributed by atoms with Crippen LogP contribution in [-0.4, -0.2) is 5.11 Å². The first kappa shape index (κ1) is 10.8. The maximum Gasteiger partial charge on any atom is 0.115 e. The zero-order valence-electron chi connectivity index (χ0n) is 8.90. The Morgan fingerprint density at radius 1 is 1.50 bits per heavy atom. The third kappa shape index (κ3) is 2.38. The molecule has 0 saturated carbocycles. The summed E-state index contributed by atoms with van der Waals surface area (Å²) in [5, 5.41) is 9.38. The summed E-state index contributed by atoms with van der Waals surface area (Å²) in [6, 6.07) is 7.43. The van der Waals surface area contributed by atoms with Crippen molar-refractivity contribution in [2.24, 2.45) is 5.92 Å². The van der Waals surface area contributed by atoms with E-state index >= 15 is 0 Å². The molecule has 1 nitrogen and oxygen atoms in total. The van der Waals surface area contributed by atoms with Gasteiger partial charge in [-0.15, -0.1) is 6.58 Å². The minimum Gasteiger partial charge on any atom is -0.508 e. The molecule has 0 radical (unpaired) electrons. The van der Waals surface area contributed by atoms with Crippen molar-refractivity contribution in [3.63, 3.8) is 0 Å². The minimum absolute atomic E-state index is 0.331. The average Bonchev–Trinajstić information content (AvgIpc) is 2.19. The fourth-order valence-electron chi connectivity index (χ4n) is 1.68. The van der Waals surface area contributed by atoms with Gasteiger partial charge in [0.25, 0.3) is 0 Å². The SMILES string of the molecule is C=C[C@@H](c1cccc(O)c1)[C@@H](C)CC. The monoisotopic (exact) mass is 190 g/mol. The van der Waals surface area contributed by atoms with Gasteiger partial charge in [-0.2, -0.15) is 0 Å². The number of hydrogen-bond acceptors (Lipinski definition) is 1. The summed E-state index contributed by atoms with van der Waals surface area (Å²) >= 11 is 0. The van der Waals surface area contributed by atoms with Crippen molar-refractivity contribution >= 4 is 0 Å². The van der Waals surface area contributed by atoms with Crippen LogP contribution in [0.25, 0.3) is 0 Å². The van der Waals surface area contributed by atoms with Gasteiger partial charge in [0.15, 0.2) is 0 Å². The molecule has 0 aromatic heterocycles. The highest BCUT2D eigenvalue weighted by atomic mass is 16.3. The van der Waals surface area contributed by atoms with Gasteiger partial charge in [-0.25, -0.2) is 0 Å². The lowest BCUT2D eigenvalue weighted by molar-refractivity contribution is 0.469. The van der Waals surface area contributed by atoms with Crippen molar-refractivity contribution in [1.82, 2.24) is 0 Å². The molecule has 1 aromatic rings. The summed E-state index contributed by atoms with van der Waals surface area (Å²) in [6.07, 6.45) is 3.08. The number of benzene rings is 1. The van der Waals surface area contributed by atoms with E-state index in [1.807, 2.05) is 24.3 Å². The predicted octanol–water partition coefficient (Wildman–Crippen LogP) is 3.71. The van der Waals surface area contributed by atoms with Gasteiger partial charge in [0.2, 0.25) is 0 Å². The molecule has 0 amide bonds. The molecule has 0 aliphatic heterocycles. The molecule has 1 aromatic carbocycles. The molecule has 0 unspecified atom stereocenters. The number of allylic oxidation sites excluding steroid dienone is 1. The van der Waals surface area contributed by atoms with Crippen LogP contribution in [0.2, 0.25) is 0 Å². The Balaban J connectivity index is 2.94. The van der Waals surface area contributed by atoms with Crippen LogP contribution in [0.15, 0.2) is 36.9 Å². The van der Waals surface area contributed by atoms with Gasteiger partial charge in [-0.05, 0) is 23.6 Å². The van der Waals surface area contributed by atoms with E-state index in [1.165, 1.54) is 0 Å². The average molecular weight is 190 g/mol. The van der Waals surface area contributed by atoms with Gasteiger partial charge in [-0.1, -0.05) is 38.5 Å². The van der Waals surface area contributed by atoms with Gasteiger partial charge in [-0.3, -0.25) is 0 Å². The van der Waals surface area contributed by atoms with Gasteiger partial charge >= 0.3 is 0 Å². The van der Waals surface area contributed by atoms with Gasteiger partial charge < -0.3 is 5.11 Å². The summed E-state index contributed by atoms with van der Waals surface area (Å²) in [5.74, 6) is 1.24. The highest BCUT2D eigenvalue weighted by Crippen LogP contribution is 2.29. The lowest BCUT2D eigenvalue weighted by Gasteiger charge is -2.19. The molecule has 76 valence electrons. The van der Waals surface area contributed by atoms with E-state index in [1.54, 1.807) is 6.07 Å². The van der Waals surface area contributed by atoms with Crippen LogP contribution in [0.5, 0.6) is 5.75 Å². The first-order valence-corrected chi connectivity index (χ1v) is 5.10. The first-order chi connectivity index (χ1) is 6.69. The van der Waals surface area contributed by atoms with E-state index in [2.05, 4.69) is 20.4 Å². The Morgan fingerprint density at radius 3 is 2.71 bits per heavy atom. The number of phenolic OH excluding ortho intramolecular Hbond substituents is 1. The van der Waals surface area contributed by atoms with Crippen molar-refractivity contribution in [2.45, 2.75) is 26.2 Å². The molecule has 0 saturated heterocycles. The van der Waals surface area contributed by atoms with Crippen molar-refractivity contribution in [3.8, 4) is 5.75 Å². The molecule has 1 N–H and O–H groups in total. The lowest BCUT2D eigenvalue weighted by Crippen LogP contribution is -2.05. The Bertz CT molecular complexity index is 304. The molecule has 1 heteroatoms. The molecule has 0 bridgehead atoms. The zero-order valence-corrected chi connectivity index (χ0v) is 8.90. The highest BCUT2D eigenvalue weighted by molar-refractivity contribution is 5.32. The van der Waals surface area contributed by atoms with Crippen LogP contribution in [0.3, 0.4) is 0 Å². The maximum absolute atomic E-state index is 9.38. The van der Waals surface area contributed by atoms with Crippen LogP contribution in [0.4, 0.5) is 0 Å². The summed E-state index contributed by atoms with van der Waals surface area (Å²) in [4.78, 5) is 0. The van der Waals surface area contributed by atoms with Gasteiger partial charge in [0, 0.05) is 5.92 Å². The zero-order chi connectivity index (χ0) is 10.6. The Labute approximate surface area is 86.1 Å². The second-order valence-electron chi connectivity index (χ2n) is 3.74. The molecule has 0 aliphatic carbocycles. The number of aromatic hydroxyl groups is 1. The van der Waals surface area contributed by atoms with E-state index < -0.39 is 0 Å². The van der Waals surface area contributed by atoms with Crippen LogP contribution in [-0.2, 0) is 0 Å². The van der Waals surface area contributed by atoms with Gasteiger partial charge in [0.1, 0.15) is 5.75 Å².